The van der Waals surface area contributed by atoms with Crippen LogP contribution in [0.4, 0.5) is 0 Å². The number of hydrogen-bond acceptors (Lipinski definition) is 3. The smallest absolute Gasteiger partial charge is 0.0627 e. The number of thioether (sulfide) groups is 1. The van der Waals surface area contributed by atoms with Gasteiger partial charge in [-0.15, -0.1) is 0 Å². The van der Waals surface area contributed by atoms with Gasteiger partial charge in [0.2, 0.25) is 0 Å². The summed E-state index contributed by atoms with van der Waals surface area (Å²) in [6, 6.07) is 0. The zero-order chi connectivity index (χ0) is 8.97. The van der Waals surface area contributed by atoms with Gasteiger partial charge in [0.15, 0.2) is 0 Å². The summed E-state index contributed by atoms with van der Waals surface area (Å²) in [4.78, 5) is 0. The number of nitrogens with one attached hydrogen (secondary N) is 1. The summed E-state index contributed by atoms with van der Waals surface area (Å²) in [6.45, 7) is 6.30. The fourth-order valence-corrected chi connectivity index (χ4v) is 2.42. The van der Waals surface area contributed by atoms with Gasteiger partial charge < -0.3 is 10.4 Å². The van der Waals surface area contributed by atoms with E-state index >= 15 is 0 Å². The molecule has 0 bridgehead atoms. The molecule has 0 spiro atoms. The van der Waals surface area contributed by atoms with E-state index in [1.165, 1.54) is 25.3 Å². The van der Waals surface area contributed by atoms with Crippen molar-refractivity contribution in [1.29, 1.82) is 0 Å². The summed E-state index contributed by atoms with van der Waals surface area (Å²) in [7, 11) is 0. The normalized spacial score (nSPS) is 28.8. The second-order valence-electron chi connectivity index (χ2n) is 3.64. The summed E-state index contributed by atoms with van der Waals surface area (Å²) in [5.41, 5.74) is 0. The maximum atomic E-state index is 9.26. The van der Waals surface area contributed by atoms with Crippen LogP contribution in [0, 0.1) is 5.92 Å². The summed E-state index contributed by atoms with van der Waals surface area (Å²) >= 11 is 1.89. The lowest BCUT2D eigenvalue weighted by Crippen LogP contribution is -2.18. The quantitative estimate of drug-likeness (QED) is 0.694. The molecule has 12 heavy (non-hydrogen) atoms. The van der Waals surface area contributed by atoms with E-state index in [9.17, 15) is 5.11 Å². The molecule has 2 N–H and O–H groups in total. The third-order valence-corrected chi connectivity index (χ3v) is 4.02. The maximum Gasteiger partial charge on any atom is 0.0627 e. The van der Waals surface area contributed by atoms with Crippen LogP contribution in [0.3, 0.4) is 0 Å². The monoisotopic (exact) mass is 189 g/mol. The van der Waals surface area contributed by atoms with Gasteiger partial charge in [-0.3, -0.25) is 0 Å². The first kappa shape index (κ1) is 10.4. The fraction of sp³-hybridized carbons (Fsp3) is 1.00. The summed E-state index contributed by atoms with van der Waals surface area (Å²) in [6.07, 6.45) is 1.13. The van der Waals surface area contributed by atoms with Gasteiger partial charge in [0, 0.05) is 5.25 Å². The van der Waals surface area contributed by atoms with Crippen LogP contribution in [0.5, 0.6) is 0 Å². The molecule has 0 aromatic heterocycles. The first-order valence-electron chi connectivity index (χ1n) is 4.70. The first-order valence-corrected chi connectivity index (χ1v) is 5.75. The number of rotatable bonds is 4. The highest BCUT2D eigenvalue weighted by molar-refractivity contribution is 7.99. The lowest BCUT2D eigenvalue weighted by atomic mass is 10.2. The van der Waals surface area contributed by atoms with Crippen LogP contribution < -0.4 is 5.32 Å². The van der Waals surface area contributed by atoms with Crippen LogP contribution >= 0.6 is 11.8 Å². The van der Waals surface area contributed by atoms with Crippen molar-refractivity contribution in [2.75, 3.05) is 18.8 Å². The number of aliphatic hydroxyl groups excluding tert-OH is 1. The molecule has 0 radical (unpaired) electrons. The molecule has 3 atom stereocenters. The highest BCUT2D eigenvalue weighted by Gasteiger charge is 2.17. The minimum Gasteiger partial charge on any atom is -0.392 e. The molecule has 1 saturated heterocycles. The molecule has 1 rings (SSSR count). The average Bonchev–Trinajstić information content (AvgIpc) is 2.51. The van der Waals surface area contributed by atoms with Gasteiger partial charge in [-0.2, -0.15) is 11.8 Å². The molecular formula is C9H19NOS. The SMILES string of the molecule is CC(O)C(C)SCC1CCNC1. The second-order valence-corrected chi connectivity index (χ2v) is 5.05. The molecule has 0 aliphatic carbocycles. The molecule has 0 aromatic carbocycles. The predicted molar refractivity (Wildman–Crippen MR) is 54.6 cm³/mol. The molecule has 1 heterocycles. The average molecular weight is 189 g/mol. The minimum atomic E-state index is -0.177. The van der Waals surface area contributed by atoms with Crippen molar-refractivity contribution in [2.45, 2.75) is 31.6 Å². The molecule has 0 amide bonds. The molecule has 1 fully saturated rings. The Labute approximate surface area is 79.1 Å². The number of hydrogen-bond donors (Lipinski definition) is 2. The topological polar surface area (TPSA) is 32.3 Å². The third-order valence-electron chi connectivity index (χ3n) is 2.44. The lowest BCUT2D eigenvalue weighted by Gasteiger charge is -2.16. The molecule has 72 valence electrons. The van der Waals surface area contributed by atoms with Crippen molar-refractivity contribution < 1.29 is 5.11 Å². The van der Waals surface area contributed by atoms with Crippen molar-refractivity contribution in [3.8, 4) is 0 Å². The van der Waals surface area contributed by atoms with Gasteiger partial charge in [-0.05, 0) is 38.1 Å². The van der Waals surface area contributed by atoms with E-state index in [1.807, 2.05) is 18.7 Å². The van der Waals surface area contributed by atoms with E-state index in [1.54, 1.807) is 0 Å². The Morgan fingerprint density at radius 1 is 1.58 bits per heavy atom. The molecule has 1 aliphatic rings. The van der Waals surface area contributed by atoms with E-state index in [2.05, 4.69) is 12.2 Å². The first-order chi connectivity index (χ1) is 5.70. The third kappa shape index (κ3) is 3.33. The fourth-order valence-electron chi connectivity index (χ4n) is 1.28. The van der Waals surface area contributed by atoms with Gasteiger partial charge >= 0.3 is 0 Å². The number of aliphatic hydroxyl groups is 1. The van der Waals surface area contributed by atoms with Crippen LogP contribution in [0.2, 0.25) is 0 Å². The van der Waals surface area contributed by atoms with Gasteiger partial charge in [0.25, 0.3) is 0 Å². The van der Waals surface area contributed by atoms with Gasteiger partial charge in [-0.1, -0.05) is 6.92 Å². The summed E-state index contributed by atoms with van der Waals surface area (Å²) in [5.74, 6) is 2.02. The van der Waals surface area contributed by atoms with Crippen LogP contribution in [-0.2, 0) is 0 Å². The van der Waals surface area contributed by atoms with Gasteiger partial charge in [-0.25, -0.2) is 0 Å². The van der Waals surface area contributed by atoms with Crippen molar-refractivity contribution in [1.82, 2.24) is 5.32 Å². The van der Waals surface area contributed by atoms with E-state index in [-0.39, 0.29) is 6.10 Å². The lowest BCUT2D eigenvalue weighted by molar-refractivity contribution is 0.196. The van der Waals surface area contributed by atoms with Crippen molar-refractivity contribution in [3.05, 3.63) is 0 Å². The Balaban J connectivity index is 2.07. The highest BCUT2D eigenvalue weighted by Crippen LogP contribution is 2.20. The van der Waals surface area contributed by atoms with E-state index in [4.69, 9.17) is 0 Å². The zero-order valence-electron chi connectivity index (χ0n) is 7.92. The highest BCUT2D eigenvalue weighted by atomic mass is 32.2. The molecule has 1 aliphatic heterocycles. The Hall–Kier alpha value is 0.270. The van der Waals surface area contributed by atoms with E-state index < -0.39 is 0 Å². The van der Waals surface area contributed by atoms with E-state index in [0.717, 1.165) is 5.92 Å². The van der Waals surface area contributed by atoms with E-state index in [0.29, 0.717) is 5.25 Å². The van der Waals surface area contributed by atoms with Crippen molar-refractivity contribution in [2.24, 2.45) is 5.92 Å². The Morgan fingerprint density at radius 3 is 2.83 bits per heavy atom. The summed E-state index contributed by atoms with van der Waals surface area (Å²) in [5, 5.41) is 13.0. The molecule has 3 heteroatoms. The van der Waals surface area contributed by atoms with Crippen LogP contribution in [0.1, 0.15) is 20.3 Å². The molecule has 2 nitrogen and oxygen atoms in total. The molecule has 3 unspecified atom stereocenters. The second kappa shape index (κ2) is 5.10. The van der Waals surface area contributed by atoms with Crippen LogP contribution in [-0.4, -0.2) is 35.3 Å². The predicted octanol–water partition coefficient (Wildman–Crippen LogP) is 1.10. The Morgan fingerprint density at radius 2 is 2.33 bits per heavy atom. The van der Waals surface area contributed by atoms with Gasteiger partial charge in [0.1, 0.15) is 0 Å². The maximum absolute atomic E-state index is 9.26. The largest absolute Gasteiger partial charge is 0.392 e. The Kier molecular flexibility index (Phi) is 4.40. The van der Waals surface area contributed by atoms with Crippen molar-refractivity contribution in [3.63, 3.8) is 0 Å². The molecular weight excluding hydrogens is 170 g/mol. The van der Waals surface area contributed by atoms with Crippen LogP contribution in [0.25, 0.3) is 0 Å². The standard InChI is InChI=1S/C9H19NOS/c1-7(11)8(2)12-6-9-3-4-10-5-9/h7-11H,3-6H2,1-2H3. The Bertz CT molecular complexity index is 122. The summed E-state index contributed by atoms with van der Waals surface area (Å²) < 4.78 is 0. The van der Waals surface area contributed by atoms with Crippen LogP contribution in [0.15, 0.2) is 0 Å². The zero-order valence-corrected chi connectivity index (χ0v) is 8.73. The molecule has 0 saturated carbocycles. The van der Waals surface area contributed by atoms with Gasteiger partial charge in [0.05, 0.1) is 6.10 Å². The minimum absolute atomic E-state index is 0.177. The van der Waals surface area contributed by atoms with Crippen molar-refractivity contribution >= 4 is 11.8 Å². The molecule has 0 aromatic rings.